The maximum Gasteiger partial charge on any atom is 0.315 e. The van der Waals surface area contributed by atoms with Gasteiger partial charge in [-0.05, 0) is 30.2 Å². The molecule has 0 bridgehead atoms. The lowest BCUT2D eigenvalue weighted by Gasteiger charge is -2.17. The van der Waals surface area contributed by atoms with Crippen LogP contribution in [0.25, 0.3) is 11.3 Å². The van der Waals surface area contributed by atoms with Crippen molar-refractivity contribution in [2.75, 3.05) is 25.9 Å². The van der Waals surface area contributed by atoms with Crippen molar-refractivity contribution in [3.63, 3.8) is 0 Å². The number of hydrogen-bond acceptors (Lipinski definition) is 9. The Kier molecular flexibility index (Phi) is 8.03. The monoisotopic (exact) mass is 493 g/mol. The van der Waals surface area contributed by atoms with Gasteiger partial charge in [0, 0.05) is 24.6 Å². The molecule has 190 valence electrons. The van der Waals surface area contributed by atoms with Crippen LogP contribution in [0, 0.1) is 6.92 Å². The Morgan fingerprint density at radius 1 is 1.28 bits per heavy atom. The van der Waals surface area contributed by atoms with E-state index in [2.05, 4.69) is 32.0 Å². The Morgan fingerprint density at radius 2 is 2.03 bits per heavy atom. The number of ether oxygens (including phenoxy) is 1. The van der Waals surface area contributed by atoms with Crippen LogP contribution in [0.3, 0.4) is 0 Å². The van der Waals surface area contributed by atoms with Crippen molar-refractivity contribution in [1.82, 2.24) is 30.3 Å². The average Bonchev–Trinajstić information content (AvgIpc) is 3.34. The molecule has 2 heterocycles. The van der Waals surface area contributed by atoms with Crippen molar-refractivity contribution in [1.29, 1.82) is 0 Å². The number of nitrogen functional groups attached to an aromatic ring is 1. The SMILES string of the molecule is C=CC(=O)N(C)CCOc1c(N)ncnc1-c1ccc(CNC(=O)c2nc(C(C)(C)C)no2)c(C)c1. The van der Waals surface area contributed by atoms with E-state index >= 15 is 0 Å². The molecule has 0 aliphatic carbocycles. The van der Waals surface area contributed by atoms with E-state index in [1.54, 1.807) is 7.05 Å². The lowest BCUT2D eigenvalue weighted by molar-refractivity contribution is -0.125. The quantitative estimate of drug-likeness (QED) is 0.429. The molecule has 2 aromatic heterocycles. The van der Waals surface area contributed by atoms with Gasteiger partial charge in [0.15, 0.2) is 17.4 Å². The number of aryl methyl sites for hydroxylation is 1. The third-order valence-corrected chi connectivity index (χ3v) is 5.40. The van der Waals surface area contributed by atoms with Crippen LogP contribution in [0.5, 0.6) is 5.75 Å². The van der Waals surface area contributed by atoms with Crippen LogP contribution in [0.15, 0.2) is 41.7 Å². The molecule has 36 heavy (non-hydrogen) atoms. The van der Waals surface area contributed by atoms with Gasteiger partial charge in [0.2, 0.25) is 5.91 Å². The standard InChI is InChI=1S/C25H31N7O4/c1-7-18(33)32(6)10-11-35-20-19(28-14-29-21(20)26)16-8-9-17(15(2)12-16)13-27-22(34)23-30-24(31-36-23)25(3,4)5/h7-9,12,14H,1,10-11,13H2,2-6H3,(H,27,34)(H2,26,28,29). The number of likely N-dealkylation sites (N-methyl/N-ethyl adjacent to an activating group) is 1. The number of aromatic nitrogens is 4. The first-order valence-electron chi connectivity index (χ1n) is 11.3. The van der Waals surface area contributed by atoms with Gasteiger partial charge in [-0.2, -0.15) is 4.98 Å². The summed E-state index contributed by atoms with van der Waals surface area (Å²) in [4.78, 5) is 38.2. The summed E-state index contributed by atoms with van der Waals surface area (Å²) >= 11 is 0. The van der Waals surface area contributed by atoms with Crippen molar-refractivity contribution in [2.45, 2.75) is 39.7 Å². The van der Waals surface area contributed by atoms with Crippen LogP contribution in [0.4, 0.5) is 5.82 Å². The van der Waals surface area contributed by atoms with E-state index in [-0.39, 0.29) is 36.2 Å². The number of anilines is 1. The summed E-state index contributed by atoms with van der Waals surface area (Å²) in [6.07, 6.45) is 2.61. The highest BCUT2D eigenvalue weighted by atomic mass is 16.5. The molecule has 3 aromatic rings. The Bertz CT molecular complexity index is 1260. The number of benzene rings is 1. The zero-order valence-electron chi connectivity index (χ0n) is 21.2. The Labute approximate surface area is 209 Å². The lowest BCUT2D eigenvalue weighted by atomic mass is 9.96. The Hall–Kier alpha value is -4.28. The number of rotatable bonds is 9. The molecule has 0 radical (unpaired) electrons. The summed E-state index contributed by atoms with van der Waals surface area (Å²) in [5.74, 6) is 0.273. The highest BCUT2D eigenvalue weighted by Crippen LogP contribution is 2.32. The van der Waals surface area contributed by atoms with Crippen molar-refractivity contribution in [2.24, 2.45) is 0 Å². The van der Waals surface area contributed by atoms with Gasteiger partial charge in [-0.15, -0.1) is 0 Å². The first-order valence-corrected chi connectivity index (χ1v) is 11.3. The van der Waals surface area contributed by atoms with Crippen LogP contribution < -0.4 is 15.8 Å². The number of nitrogens with two attached hydrogens (primary N) is 1. The summed E-state index contributed by atoms with van der Waals surface area (Å²) in [6.45, 7) is 12.0. The van der Waals surface area contributed by atoms with Gasteiger partial charge >= 0.3 is 11.8 Å². The molecule has 0 saturated heterocycles. The minimum Gasteiger partial charge on any atom is -0.486 e. The molecule has 1 aromatic carbocycles. The van der Waals surface area contributed by atoms with Crippen LogP contribution in [-0.4, -0.2) is 57.0 Å². The van der Waals surface area contributed by atoms with Gasteiger partial charge in [0.05, 0.1) is 6.54 Å². The third-order valence-electron chi connectivity index (χ3n) is 5.40. The van der Waals surface area contributed by atoms with Crippen LogP contribution in [0.2, 0.25) is 0 Å². The van der Waals surface area contributed by atoms with Crippen LogP contribution in [0.1, 0.15) is 48.4 Å². The molecule has 0 aliphatic rings. The van der Waals surface area contributed by atoms with Gasteiger partial charge in [-0.25, -0.2) is 9.97 Å². The van der Waals surface area contributed by atoms with Gasteiger partial charge < -0.3 is 25.2 Å². The molecular formula is C25H31N7O4. The molecule has 0 spiro atoms. The molecule has 0 aliphatic heterocycles. The second-order valence-corrected chi connectivity index (χ2v) is 9.25. The third kappa shape index (κ3) is 6.23. The largest absolute Gasteiger partial charge is 0.486 e. The second-order valence-electron chi connectivity index (χ2n) is 9.25. The first-order chi connectivity index (χ1) is 17.0. The van der Waals surface area contributed by atoms with E-state index in [0.717, 1.165) is 16.7 Å². The zero-order chi connectivity index (χ0) is 26.5. The van der Waals surface area contributed by atoms with Gasteiger partial charge in [0.1, 0.15) is 18.6 Å². The smallest absolute Gasteiger partial charge is 0.315 e. The average molecular weight is 494 g/mol. The summed E-state index contributed by atoms with van der Waals surface area (Å²) in [6, 6.07) is 5.67. The number of nitrogens with one attached hydrogen (secondary N) is 1. The molecule has 11 nitrogen and oxygen atoms in total. The zero-order valence-corrected chi connectivity index (χ0v) is 21.2. The molecule has 3 rings (SSSR count). The number of carbonyl (C=O) groups excluding carboxylic acids is 2. The number of hydrogen-bond donors (Lipinski definition) is 2. The highest BCUT2D eigenvalue weighted by Gasteiger charge is 2.24. The van der Waals surface area contributed by atoms with Crippen LogP contribution >= 0.6 is 0 Å². The molecule has 0 fully saturated rings. The molecule has 0 unspecified atom stereocenters. The predicted octanol–water partition coefficient (Wildman–Crippen LogP) is 2.67. The molecule has 0 saturated carbocycles. The number of carbonyl (C=O) groups is 2. The minimum atomic E-state index is -0.444. The van der Waals surface area contributed by atoms with Crippen molar-refractivity contribution < 1.29 is 18.8 Å². The van der Waals surface area contributed by atoms with E-state index in [1.807, 2.05) is 45.9 Å². The van der Waals surface area contributed by atoms with Gasteiger partial charge in [-0.3, -0.25) is 9.59 Å². The minimum absolute atomic E-state index is 0.0760. The number of nitrogens with zero attached hydrogens (tertiary/aromatic N) is 5. The molecule has 3 N–H and O–H groups in total. The van der Waals surface area contributed by atoms with Crippen molar-refractivity contribution in [3.05, 3.63) is 60.0 Å². The Balaban J connectivity index is 1.70. The molecule has 2 amide bonds. The molecular weight excluding hydrogens is 462 g/mol. The normalized spacial score (nSPS) is 11.1. The predicted molar refractivity (Wildman–Crippen MR) is 134 cm³/mol. The van der Waals surface area contributed by atoms with E-state index in [9.17, 15) is 9.59 Å². The topological polar surface area (TPSA) is 149 Å². The van der Waals surface area contributed by atoms with E-state index in [4.69, 9.17) is 15.0 Å². The summed E-state index contributed by atoms with van der Waals surface area (Å²) in [5, 5.41) is 6.69. The van der Waals surface area contributed by atoms with Crippen molar-refractivity contribution >= 4 is 17.6 Å². The second kappa shape index (κ2) is 11.0. The van der Waals surface area contributed by atoms with Gasteiger partial charge in [-0.1, -0.05) is 44.6 Å². The van der Waals surface area contributed by atoms with Crippen molar-refractivity contribution in [3.8, 4) is 17.0 Å². The van der Waals surface area contributed by atoms with E-state index < -0.39 is 5.91 Å². The summed E-state index contributed by atoms with van der Waals surface area (Å²) < 4.78 is 11.0. The van der Waals surface area contributed by atoms with Crippen LogP contribution in [-0.2, 0) is 16.8 Å². The fourth-order valence-corrected chi connectivity index (χ4v) is 3.20. The number of amides is 2. The van der Waals surface area contributed by atoms with Gasteiger partial charge in [0.25, 0.3) is 0 Å². The van der Waals surface area contributed by atoms with E-state index in [1.165, 1.54) is 17.3 Å². The summed E-state index contributed by atoms with van der Waals surface area (Å²) in [7, 11) is 1.65. The fourth-order valence-electron chi connectivity index (χ4n) is 3.20. The Morgan fingerprint density at radius 3 is 2.67 bits per heavy atom. The first kappa shape index (κ1) is 26.3. The highest BCUT2D eigenvalue weighted by molar-refractivity contribution is 5.89. The maximum atomic E-state index is 12.5. The van der Waals surface area contributed by atoms with E-state index in [0.29, 0.717) is 23.8 Å². The molecule has 0 atom stereocenters. The molecule has 11 heteroatoms. The summed E-state index contributed by atoms with van der Waals surface area (Å²) in [5.41, 5.74) is 8.86. The maximum absolute atomic E-state index is 12.5. The fraction of sp³-hybridized carbons (Fsp3) is 0.360. The lowest BCUT2D eigenvalue weighted by Crippen LogP contribution is -2.29.